The lowest BCUT2D eigenvalue weighted by Crippen LogP contribution is -2.47. The second kappa shape index (κ2) is 5.22. The zero-order chi connectivity index (χ0) is 14.1. The highest BCUT2D eigenvalue weighted by Gasteiger charge is 2.45. The summed E-state index contributed by atoms with van der Waals surface area (Å²) in [7, 11) is -3.69. The van der Waals surface area contributed by atoms with Crippen LogP contribution < -0.4 is 4.72 Å². The summed E-state index contributed by atoms with van der Waals surface area (Å²) in [6.07, 6.45) is 1.85. The maximum Gasteiger partial charge on any atom is 0.310 e. The molecule has 1 aromatic carbocycles. The monoisotopic (exact) mass is 347 g/mol. The van der Waals surface area contributed by atoms with Crippen LogP contribution in [0.5, 0.6) is 0 Å². The van der Waals surface area contributed by atoms with Crippen LogP contribution in [-0.4, -0.2) is 26.0 Å². The van der Waals surface area contributed by atoms with E-state index in [9.17, 15) is 13.2 Å². The number of hydrogen-bond acceptors (Lipinski definition) is 3. The molecular formula is C12H14BrNO4S. The van der Waals surface area contributed by atoms with Crippen LogP contribution >= 0.6 is 15.9 Å². The Hall–Kier alpha value is -0.920. The lowest BCUT2D eigenvalue weighted by molar-refractivity contribution is -0.153. The number of halogens is 1. The van der Waals surface area contributed by atoms with Gasteiger partial charge in [0.15, 0.2) is 0 Å². The molecule has 7 heteroatoms. The van der Waals surface area contributed by atoms with E-state index in [1.807, 2.05) is 0 Å². The quantitative estimate of drug-likeness (QED) is 0.852. The van der Waals surface area contributed by atoms with Gasteiger partial charge < -0.3 is 5.11 Å². The van der Waals surface area contributed by atoms with Gasteiger partial charge in [0.25, 0.3) is 0 Å². The Morgan fingerprint density at radius 2 is 2.00 bits per heavy atom. The third-order valence-corrected chi connectivity index (χ3v) is 5.90. The van der Waals surface area contributed by atoms with Crippen LogP contribution in [0, 0.1) is 5.41 Å². The zero-order valence-corrected chi connectivity index (χ0v) is 12.5. The van der Waals surface area contributed by atoms with E-state index in [0.29, 0.717) is 17.3 Å². The third-order valence-electron chi connectivity index (χ3n) is 3.49. The van der Waals surface area contributed by atoms with Crippen LogP contribution in [0.4, 0.5) is 0 Å². The molecule has 2 N–H and O–H groups in total. The molecule has 0 aliphatic heterocycles. The molecule has 1 saturated carbocycles. The summed E-state index contributed by atoms with van der Waals surface area (Å²) in [6.45, 7) is -0.0635. The highest BCUT2D eigenvalue weighted by atomic mass is 79.9. The molecular weight excluding hydrogens is 334 g/mol. The molecule has 0 amide bonds. The zero-order valence-electron chi connectivity index (χ0n) is 10.1. The van der Waals surface area contributed by atoms with Gasteiger partial charge in [0, 0.05) is 11.0 Å². The van der Waals surface area contributed by atoms with Crippen LogP contribution in [0.3, 0.4) is 0 Å². The second-order valence-electron chi connectivity index (χ2n) is 4.69. The molecule has 0 heterocycles. The SMILES string of the molecule is O=C(O)C1(CNS(=O)(=O)c2ccccc2Br)CCC1. The van der Waals surface area contributed by atoms with Crippen molar-refractivity contribution in [3.63, 3.8) is 0 Å². The molecule has 104 valence electrons. The molecule has 5 nitrogen and oxygen atoms in total. The van der Waals surface area contributed by atoms with Crippen molar-refractivity contribution in [3.8, 4) is 0 Å². The van der Waals surface area contributed by atoms with Gasteiger partial charge in [0.1, 0.15) is 0 Å². The Balaban J connectivity index is 2.15. The number of sulfonamides is 1. The van der Waals surface area contributed by atoms with E-state index < -0.39 is 21.4 Å². The van der Waals surface area contributed by atoms with Crippen LogP contribution in [-0.2, 0) is 14.8 Å². The average Bonchev–Trinajstić information content (AvgIpc) is 2.27. The van der Waals surface area contributed by atoms with E-state index in [1.54, 1.807) is 18.2 Å². The highest BCUT2D eigenvalue weighted by Crippen LogP contribution is 2.40. The molecule has 0 bridgehead atoms. The van der Waals surface area contributed by atoms with E-state index in [0.717, 1.165) is 6.42 Å². The smallest absolute Gasteiger partial charge is 0.310 e. The Kier molecular flexibility index (Phi) is 3.98. The van der Waals surface area contributed by atoms with Crippen LogP contribution in [0.15, 0.2) is 33.6 Å². The minimum absolute atomic E-state index is 0.0635. The van der Waals surface area contributed by atoms with Crippen molar-refractivity contribution in [1.82, 2.24) is 4.72 Å². The van der Waals surface area contributed by atoms with E-state index in [2.05, 4.69) is 20.7 Å². The Bertz CT molecular complexity index is 596. The second-order valence-corrected chi connectivity index (χ2v) is 7.28. The van der Waals surface area contributed by atoms with E-state index >= 15 is 0 Å². The number of carbonyl (C=O) groups is 1. The summed E-state index contributed by atoms with van der Waals surface area (Å²) in [6, 6.07) is 6.44. The Morgan fingerprint density at radius 3 is 2.47 bits per heavy atom. The van der Waals surface area contributed by atoms with Crippen LogP contribution in [0.25, 0.3) is 0 Å². The normalized spacial score (nSPS) is 17.7. The van der Waals surface area contributed by atoms with E-state index in [4.69, 9.17) is 5.11 Å². The molecule has 1 fully saturated rings. The standard InChI is InChI=1S/C12H14BrNO4S/c13-9-4-1-2-5-10(9)19(17,18)14-8-12(11(15)16)6-3-7-12/h1-2,4-5,14H,3,6-8H2,(H,15,16). The highest BCUT2D eigenvalue weighted by molar-refractivity contribution is 9.10. The van der Waals surface area contributed by atoms with E-state index in [-0.39, 0.29) is 11.4 Å². The molecule has 1 aliphatic rings. The first kappa shape index (κ1) is 14.5. The number of aliphatic carboxylic acids is 1. The molecule has 0 spiro atoms. The number of benzene rings is 1. The summed E-state index contributed by atoms with van der Waals surface area (Å²) in [5.74, 6) is -0.937. The lowest BCUT2D eigenvalue weighted by atomic mass is 9.69. The fraction of sp³-hybridized carbons (Fsp3) is 0.417. The molecule has 2 rings (SSSR count). The number of rotatable bonds is 5. The molecule has 1 aromatic rings. The summed E-state index contributed by atoms with van der Waals surface area (Å²) < 4.78 is 27.1. The van der Waals surface area contributed by atoms with Gasteiger partial charge >= 0.3 is 5.97 Å². The fourth-order valence-electron chi connectivity index (χ4n) is 2.04. The van der Waals surface area contributed by atoms with Crippen molar-refractivity contribution in [3.05, 3.63) is 28.7 Å². The number of nitrogens with one attached hydrogen (secondary N) is 1. The van der Waals surface area contributed by atoms with Gasteiger partial charge in [-0.3, -0.25) is 4.79 Å². The van der Waals surface area contributed by atoms with Gasteiger partial charge in [-0.15, -0.1) is 0 Å². The van der Waals surface area contributed by atoms with Gasteiger partial charge in [0.2, 0.25) is 10.0 Å². The van der Waals surface area contributed by atoms with Gasteiger partial charge in [0.05, 0.1) is 10.3 Å². The van der Waals surface area contributed by atoms with Gasteiger partial charge in [-0.1, -0.05) is 18.6 Å². The Labute approximate surface area is 120 Å². The Morgan fingerprint density at radius 1 is 1.37 bits per heavy atom. The van der Waals surface area contributed by atoms with Crippen molar-refractivity contribution in [2.45, 2.75) is 24.2 Å². The minimum Gasteiger partial charge on any atom is -0.481 e. The summed E-state index contributed by atoms with van der Waals surface area (Å²) in [4.78, 5) is 11.3. The largest absolute Gasteiger partial charge is 0.481 e. The van der Waals surface area contributed by atoms with Crippen LogP contribution in [0.1, 0.15) is 19.3 Å². The van der Waals surface area contributed by atoms with Crippen molar-refractivity contribution in [2.75, 3.05) is 6.54 Å². The topological polar surface area (TPSA) is 83.5 Å². The summed E-state index contributed by atoms with van der Waals surface area (Å²) in [5, 5.41) is 9.16. The summed E-state index contributed by atoms with van der Waals surface area (Å²) in [5.41, 5.74) is -0.936. The molecule has 0 atom stereocenters. The minimum atomic E-state index is -3.69. The summed E-state index contributed by atoms with van der Waals surface area (Å²) >= 11 is 3.18. The molecule has 0 saturated heterocycles. The molecule has 0 aromatic heterocycles. The maximum absolute atomic E-state index is 12.1. The molecule has 0 radical (unpaired) electrons. The maximum atomic E-state index is 12.1. The predicted molar refractivity (Wildman–Crippen MR) is 73.3 cm³/mol. The van der Waals surface area contributed by atoms with Crippen LogP contribution in [0.2, 0.25) is 0 Å². The van der Waals surface area contributed by atoms with Crippen molar-refractivity contribution in [1.29, 1.82) is 0 Å². The average molecular weight is 348 g/mol. The number of carboxylic acids is 1. The van der Waals surface area contributed by atoms with E-state index in [1.165, 1.54) is 6.07 Å². The predicted octanol–water partition coefficient (Wildman–Crippen LogP) is 1.98. The molecule has 19 heavy (non-hydrogen) atoms. The van der Waals surface area contributed by atoms with Crippen molar-refractivity contribution in [2.24, 2.45) is 5.41 Å². The molecule has 0 unspecified atom stereocenters. The third kappa shape index (κ3) is 2.82. The number of carboxylic acid groups (broad SMARTS) is 1. The van der Waals surface area contributed by atoms with Crippen molar-refractivity contribution < 1.29 is 18.3 Å². The first-order valence-electron chi connectivity index (χ1n) is 5.85. The molecule has 1 aliphatic carbocycles. The van der Waals surface area contributed by atoms with Gasteiger partial charge in [-0.25, -0.2) is 13.1 Å². The first-order chi connectivity index (χ1) is 8.87. The number of hydrogen-bond donors (Lipinski definition) is 2. The van der Waals surface area contributed by atoms with Gasteiger partial charge in [-0.2, -0.15) is 0 Å². The first-order valence-corrected chi connectivity index (χ1v) is 8.13. The fourth-order valence-corrected chi connectivity index (χ4v) is 4.17. The lowest BCUT2D eigenvalue weighted by Gasteiger charge is -2.37. The van der Waals surface area contributed by atoms with Gasteiger partial charge in [-0.05, 0) is 40.9 Å². The van der Waals surface area contributed by atoms with Crippen molar-refractivity contribution >= 4 is 31.9 Å².